The molecule has 1 aromatic carbocycles. The SMILES string of the molecule is Cc1ccc(Cl)cc1OCCCCCCNCC(C)C. The van der Waals surface area contributed by atoms with Gasteiger partial charge in [0.05, 0.1) is 6.61 Å². The highest BCUT2D eigenvalue weighted by atomic mass is 35.5. The Morgan fingerprint density at radius 2 is 1.90 bits per heavy atom. The summed E-state index contributed by atoms with van der Waals surface area (Å²) in [6, 6.07) is 5.79. The van der Waals surface area contributed by atoms with E-state index in [0.29, 0.717) is 0 Å². The Morgan fingerprint density at radius 3 is 2.65 bits per heavy atom. The summed E-state index contributed by atoms with van der Waals surface area (Å²) in [5, 5.41) is 4.21. The van der Waals surface area contributed by atoms with Gasteiger partial charge in [-0.1, -0.05) is 44.4 Å². The van der Waals surface area contributed by atoms with Crippen molar-refractivity contribution in [2.24, 2.45) is 5.92 Å². The summed E-state index contributed by atoms with van der Waals surface area (Å²) in [5.74, 6) is 1.65. The van der Waals surface area contributed by atoms with Gasteiger partial charge in [-0.2, -0.15) is 0 Å². The van der Waals surface area contributed by atoms with Gasteiger partial charge in [0.1, 0.15) is 5.75 Å². The zero-order valence-corrected chi connectivity index (χ0v) is 13.8. The fraction of sp³-hybridized carbons (Fsp3) is 0.647. The van der Waals surface area contributed by atoms with Crippen LogP contribution in [-0.2, 0) is 0 Å². The molecule has 114 valence electrons. The molecule has 0 heterocycles. The van der Waals surface area contributed by atoms with Crippen LogP contribution in [0.5, 0.6) is 5.75 Å². The molecule has 0 unspecified atom stereocenters. The highest BCUT2D eigenvalue weighted by molar-refractivity contribution is 6.30. The topological polar surface area (TPSA) is 21.3 Å². The summed E-state index contributed by atoms with van der Waals surface area (Å²) in [6.45, 7) is 9.56. The van der Waals surface area contributed by atoms with Crippen LogP contribution in [0.25, 0.3) is 0 Å². The molecule has 0 bridgehead atoms. The number of unbranched alkanes of at least 4 members (excludes halogenated alkanes) is 3. The highest BCUT2D eigenvalue weighted by Gasteiger charge is 2.00. The maximum Gasteiger partial charge on any atom is 0.123 e. The summed E-state index contributed by atoms with van der Waals surface area (Å²) in [4.78, 5) is 0. The predicted molar refractivity (Wildman–Crippen MR) is 87.9 cm³/mol. The molecule has 1 aromatic rings. The van der Waals surface area contributed by atoms with E-state index in [-0.39, 0.29) is 0 Å². The van der Waals surface area contributed by atoms with Crippen molar-refractivity contribution < 1.29 is 4.74 Å². The van der Waals surface area contributed by atoms with E-state index in [1.54, 1.807) is 0 Å². The summed E-state index contributed by atoms with van der Waals surface area (Å²) in [5.41, 5.74) is 1.15. The summed E-state index contributed by atoms with van der Waals surface area (Å²) >= 11 is 5.96. The van der Waals surface area contributed by atoms with Crippen molar-refractivity contribution in [3.63, 3.8) is 0 Å². The van der Waals surface area contributed by atoms with Crippen LogP contribution in [0.3, 0.4) is 0 Å². The van der Waals surface area contributed by atoms with Gasteiger partial charge in [0, 0.05) is 5.02 Å². The third kappa shape index (κ3) is 7.76. The Labute approximate surface area is 128 Å². The first-order valence-corrected chi connectivity index (χ1v) is 8.07. The van der Waals surface area contributed by atoms with Gasteiger partial charge >= 0.3 is 0 Å². The Hall–Kier alpha value is -0.730. The molecule has 2 nitrogen and oxygen atoms in total. The minimum Gasteiger partial charge on any atom is -0.493 e. The van der Waals surface area contributed by atoms with Gasteiger partial charge in [0.15, 0.2) is 0 Å². The fourth-order valence-electron chi connectivity index (χ4n) is 2.01. The molecule has 0 aliphatic rings. The minimum absolute atomic E-state index is 0.738. The standard InChI is InChI=1S/C17H28ClNO/c1-14(2)13-19-10-6-4-5-7-11-20-17-12-16(18)9-8-15(17)3/h8-9,12,14,19H,4-7,10-11,13H2,1-3H3. The molecule has 1 rings (SSSR count). The lowest BCUT2D eigenvalue weighted by atomic mass is 10.2. The number of ether oxygens (including phenoxy) is 1. The van der Waals surface area contributed by atoms with Crippen LogP contribution in [0.2, 0.25) is 5.02 Å². The molecule has 0 atom stereocenters. The van der Waals surface area contributed by atoms with Crippen LogP contribution in [0, 0.1) is 12.8 Å². The molecule has 0 aromatic heterocycles. The minimum atomic E-state index is 0.738. The number of hydrogen-bond acceptors (Lipinski definition) is 2. The second-order valence-electron chi connectivity index (χ2n) is 5.77. The predicted octanol–water partition coefficient (Wildman–Crippen LogP) is 4.83. The number of aryl methyl sites for hydroxylation is 1. The molecule has 0 aliphatic heterocycles. The third-order valence-electron chi connectivity index (χ3n) is 3.21. The third-order valence-corrected chi connectivity index (χ3v) is 3.44. The number of halogens is 1. The van der Waals surface area contributed by atoms with Crippen LogP contribution < -0.4 is 10.1 Å². The van der Waals surface area contributed by atoms with Crippen molar-refractivity contribution in [1.82, 2.24) is 5.32 Å². The van der Waals surface area contributed by atoms with Crippen molar-refractivity contribution in [2.45, 2.75) is 46.5 Å². The molecule has 0 amide bonds. The normalized spacial score (nSPS) is 11.1. The molecule has 1 N–H and O–H groups in total. The Morgan fingerprint density at radius 1 is 1.15 bits per heavy atom. The molecular weight excluding hydrogens is 270 g/mol. The van der Waals surface area contributed by atoms with Crippen molar-refractivity contribution in [3.8, 4) is 5.75 Å². The lowest BCUT2D eigenvalue weighted by Gasteiger charge is -2.10. The van der Waals surface area contributed by atoms with E-state index in [1.165, 1.54) is 19.3 Å². The summed E-state index contributed by atoms with van der Waals surface area (Å²) in [6.07, 6.45) is 4.85. The maximum absolute atomic E-state index is 5.96. The highest BCUT2D eigenvalue weighted by Crippen LogP contribution is 2.22. The second kappa shape index (κ2) is 10.1. The molecule has 3 heteroatoms. The van der Waals surface area contributed by atoms with Crippen LogP contribution in [0.15, 0.2) is 18.2 Å². The monoisotopic (exact) mass is 297 g/mol. The van der Waals surface area contributed by atoms with Crippen molar-refractivity contribution >= 4 is 11.6 Å². The second-order valence-corrected chi connectivity index (χ2v) is 6.21. The quantitative estimate of drug-likeness (QED) is 0.624. The molecule has 0 radical (unpaired) electrons. The molecule has 0 spiro atoms. The van der Waals surface area contributed by atoms with E-state index in [9.17, 15) is 0 Å². The van der Waals surface area contributed by atoms with E-state index in [0.717, 1.165) is 48.4 Å². The molecule has 0 fully saturated rings. The number of benzene rings is 1. The zero-order valence-electron chi connectivity index (χ0n) is 13.0. The van der Waals surface area contributed by atoms with Gasteiger partial charge in [-0.15, -0.1) is 0 Å². The Balaban J connectivity index is 2.01. The van der Waals surface area contributed by atoms with Gasteiger partial charge in [0.25, 0.3) is 0 Å². The van der Waals surface area contributed by atoms with Gasteiger partial charge in [-0.3, -0.25) is 0 Å². The lowest BCUT2D eigenvalue weighted by molar-refractivity contribution is 0.302. The number of rotatable bonds is 10. The lowest BCUT2D eigenvalue weighted by Crippen LogP contribution is -2.20. The zero-order chi connectivity index (χ0) is 14.8. The van der Waals surface area contributed by atoms with Crippen LogP contribution in [-0.4, -0.2) is 19.7 Å². The summed E-state index contributed by atoms with van der Waals surface area (Å²) < 4.78 is 5.78. The van der Waals surface area contributed by atoms with Crippen LogP contribution in [0.1, 0.15) is 45.1 Å². The fourth-order valence-corrected chi connectivity index (χ4v) is 2.17. The Kier molecular flexibility index (Phi) is 8.72. The van der Waals surface area contributed by atoms with Gasteiger partial charge in [-0.25, -0.2) is 0 Å². The van der Waals surface area contributed by atoms with Crippen molar-refractivity contribution in [3.05, 3.63) is 28.8 Å². The van der Waals surface area contributed by atoms with E-state index >= 15 is 0 Å². The number of nitrogens with one attached hydrogen (secondary N) is 1. The first kappa shape index (κ1) is 17.3. The maximum atomic E-state index is 5.96. The Bertz CT molecular complexity index is 379. The van der Waals surface area contributed by atoms with Crippen LogP contribution in [0.4, 0.5) is 0 Å². The molecule has 20 heavy (non-hydrogen) atoms. The largest absolute Gasteiger partial charge is 0.493 e. The van der Waals surface area contributed by atoms with E-state index in [1.807, 2.05) is 25.1 Å². The smallest absolute Gasteiger partial charge is 0.123 e. The van der Waals surface area contributed by atoms with Crippen LogP contribution >= 0.6 is 11.6 Å². The van der Waals surface area contributed by atoms with E-state index < -0.39 is 0 Å². The van der Waals surface area contributed by atoms with Gasteiger partial charge in [0.2, 0.25) is 0 Å². The van der Waals surface area contributed by atoms with Crippen molar-refractivity contribution in [2.75, 3.05) is 19.7 Å². The van der Waals surface area contributed by atoms with E-state index in [4.69, 9.17) is 16.3 Å². The molecule has 0 saturated heterocycles. The first-order chi connectivity index (χ1) is 9.59. The molecular formula is C17H28ClNO. The van der Waals surface area contributed by atoms with E-state index in [2.05, 4.69) is 19.2 Å². The van der Waals surface area contributed by atoms with Gasteiger partial charge in [-0.05, 0) is 56.5 Å². The average molecular weight is 298 g/mol. The average Bonchev–Trinajstić information content (AvgIpc) is 2.40. The molecule has 0 aliphatic carbocycles. The summed E-state index contributed by atoms with van der Waals surface area (Å²) in [7, 11) is 0. The van der Waals surface area contributed by atoms with Crippen molar-refractivity contribution in [1.29, 1.82) is 0 Å². The van der Waals surface area contributed by atoms with Gasteiger partial charge < -0.3 is 10.1 Å². The first-order valence-electron chi connectivity index (χ1n) is 7.69. The number of hydrogen-bond donors (Lipinski definition) is 1. The molecule has 0 saturated carbocycles.